The van der Waals surface area contributed by atoms with E-state index in [0.29, 0.717) is 10.8 Å². The van der Waals surface area contributed by atoms with Crippen molar-refractivity contribution in [3.63, 3.8) is 0 Å². The van der Waals surface area contributed by atoms with Crippen LogP contribution < -0.4 is 0 Å². The van der Waals surface area contributed by atoms with Crippen molar-refractivity contribution in [2.24, 2.45) is 69.0 Å². The first-order valence-corrected chi connectivity index (χ1v) is 24.1. The Hall–Kier alpha value is 0. The molecule has 50 heavy (non-hydrogen) atoms. The predicted molar refractivity (Wildman–Crippen MR) is 222 cm³/mol. The quantitative estimate of drug-likeness (QED) is 0.237. The van der Waals surface area contributed by atoms with Gasteiger partial charge in [0.2, 0.25) is 0 Å². The Balaban J connectivity index is 0.000000168. The second-order valence-electron chi connectivity index (χ2n) is 21.5. The number of hydrogen-bond acceptors (Lipinski definition) is 0. The maximum atomic E-state index is 2.66. The average Bonchev–Trinajstić information content (AvgIpc) is 3.61. The SMILES string of the molecule is CC1(C)C2CCCCCC1CC1C3CCCC31CCCCC2.CC1(C)C2CCCCCC1CC1C3CCCC31CCCCC2.CCC.CCC. The molecule has 8 fully saturated rings. The summed E-state index contributed by atoms with van der Waals surface area (Å²) >= 11 is 0. The van der Waals surface area contributed by atoms with Crippen molar-refractivity contribution in [3.8, 4) is 0 Å². The standard InChI is InChI=1S/2C22H38.2C3H8/c2*1-21(2)17-10-5-3-6-12-18(21)16-20-19-13-9-15-22(19,20)14-8-4-7-11-17;2*1-3-2/h2*17-20H,3-16H2,1-2H3;2*3H2,1-2H3. The third kappa shape index (κ3) is 9.09. The molecule has 8 rings (SSSR count). The van der Waals surface area contributed by atoms with Crippen LogP contribution in [-0.2, 0) is 0 Å². The van der Waals surface area contributed by atoms with Gasteiger partial charge in [-0.25, -0.2) is 0 Å². The molecule has 0 radical (unpaired) electrons. The second kappa shape index (κ2) is 18.6. The first kappa shape index (κ1) is 41.2. The van der Waals surface area contributed by atoms with Gasteiger partial charge in [0.15, 0.2) is 0 Å². The van der Waals surface area contributed by atoms with Gasteiger partial charge in [0, 0.05) is 0 Å². The van der Waals surface area contributed by atoms with E-state index < -0.39 is 0 Å². The molecule has 0 heterocycles. The largest absolute Gasteiger partial charge is 0.0656 e. The molecular weight excluding hydrogens is 601 g/mol. The fourth-order valence-corrected chi connectivity index (χ4v) is 14.8. The topological polar surface area (TPSA) is 0 Å². The lowest BCUT2D eigenvalue weighted by molar-refractivity contribution is 0.0632. The van der Waals surface area contributed by atoms with Crippen LogP contribution in [0.4, 0.5) is 0 Å². The Morgan fingerprint density at radius 3 is 0.940 bits per heavy atom. The van der Waals surface area contributed by atoms with Gasteiger partial charge in [-0.3, -0.25) is 0 Å². The molecule has 10 unspecified atom stereocenters. The molecule has 0 heteroatoms. The Bertz CT molecular complexity index is 895. The van der Waals surface area contributed by atoms with Gasteiger partial charge in [-0.1, -0.05) is 158 Å². The maximum Gasteiger partial charge on any atom is -0.0235 e. The van der Waals surface area contributed by atoms with Crippen LogP contribution >= 0.6 is 0 Å². The molecule has 0 aromatic carbocycles. The average molecular weight is 693 g/mol. The summed E-state index contributed by atoms with van der Waals surface area (Å²) in [6.45, 7) is 19.2. The van der Waals surface area contributed by atoms with Crippen LogP contribution in [0.25, 0.3) is 0 Å². The molecule has 0 aromatic rings. The summed E-state index contributed by atoms with van der Waals surface area (Å²) in [7, 11) is 0. The highest BCUT2D eigenvalue weighted by Crippen LogP contribution is 2.74. The van der Waals surface area contributed by atoms with Gasteiger partial charge in [0.1, 0.15) is 0 Å². The van der Waals surface area contributed by atoms with Crippen LogP contribution in [0.2, 0.25) is 0 Å². The number of rotatable bonds is 0. The molecule has 0 nitrogen and oxygen atoms in total. The predicted octanol–water partition coefficient (Wildman–Crippen LogP) is 16.8. The first-order valence-electron chi connectivity index (χ1n) is 24.1. The minimum Gasteiger partial charge on any atom is -0.0656 e. The van der Waals surface area contributed by atoms with Crippen molar-refractivity contribution >= 4 is 0 Å². The summed E-state index contributed by atoms with van der Waals surface area (Å²) in [4.78, 5) is 0. The summed E-state index contributed by atoms with van der Waals surface area (Å²) in [6.07, 6.45) is 45.9. The zero-order valence-corrected chi connectivity index (χ0v) is 35.8. The molecule has 10 atom stereocenters. The van der Waals surface area contributed by atoms with Gasteiger partial charge in [0.25, 0.3) is 0 Å². The normalized spacial score (nSPS) is 43.2. The molecular formula is C50H92. The minimum atomic E-state index is 0.614. The molecule has 0 aromatic heterocycles. The second-order valence-corrected chi connectivity index (χ2v) is 21.5. The molecule has 292 valence electrons. The zero-order valence-electron chi connectivity index (χ0n) is 35.8. The molecule has 0 aliphatic heterocycles. The van der Waals surface area contributed by atoms with Crippen molar-refractivity contribution < 1.29 is 0 Å². The van der Waals surface area contributed by atoms with Crippen LogP contribution in [-0.4, -0.2) is 0 Å². The molecule has 8 aliphatic rings. The van der Waals surface area contributed by atoms with Gasteiger partial charge in [-0.2, -0.15) is 0 Å². The monoisotopic (exact) mass is 693 g/mol. The van der Waals surface area contributed by atoms with Gasteiger partial charge in [0.05, 0.1) is 0 Å². The summed E-state index contributed by atoms with van der Waals surface area (Å²) in [5, 5.41) is 0. The van der Waals surface area contributed by atoms with Gasteiger partial charge < -0.3 is 0 Å². The molecule has 2 spiro atoms. The van der Waals surface area contributed by atoms with Crippen molar-refractivity contribution in [1.82, 2.24) is 0 Å². The van der Waals surface area contributed by atoms with E-state index in [1.165, 1.54) is 103 Å². The van der Waals surface area contributed by atoms with Crippen molar-refractivity contribution in [3.05, 3.63) is 0 Å². The van der Waals surface area contributed by atoms with E-state index in [0.717, 1.165) is 58.2 Å². The highest BCUT2D eigenvalue weighted by molar-refractivity contribution is 5.15. The molecule has 8 saturated carbocycles. The van der Waals surface area contributed by atoms with E-state index in [2.05, 4.69) is 55.4 Å². The van der Waals surface area contributed by atoms with Crippen molar-refractivity contribution in [1.29, 1.82) is 0 Å². The number of fused-ring (bicyclic) bond motifs is 6. The van der Waals surface area contributed by atoms with E-state index in [-0.39, 0.29) is 0 Å². The Morgan fingerprint density at radius 2 is 0.600 bits per heavy atom. The van der Waals surface area contributed by atoms with Gasteiger partial charge in [-0.05, 0) is 159 Å². The summed E-state index contributed by atoms with van der Waals surface area (Å²) in [5.74, 6) is 8.70. The molecule has 0 saturated heterocycles. The summed E-state index contributed by atoms with van der Waals surface area (Å²) in [6, 6.07) is 0. The Kier molecular flexibility index (Phi) is 15.3. The third-order valence-electron chi connectivity index (χ3n) is 17.9. The minimum absolute atomic E-state index is 0.614. The van der Waals surface area contributed by atoms with E-state index in [1.807, 2.05) is 0 Å². The lowest BCUT2D eigenvalue weighted by Crippen LogP contribution is -2.34. The summed E-state index contributed by atoms with van der Waals surface area (Å²) in [5.41, 5.74) is 2.95. The van der Waals surface area contributed by atoms with Crippen LogP contribution in [0.5, 0.6) is 0 Å². The first-order chi connectivity index (χ1) is 24.1. The lowest BCUT2D eigenvalue weighted by atomic mass is 9.62. The maximum absolute atomic E-state index is 2.66. The smallest absolute Gasteiger partial charge is 0.0235 e. The van der Waals surface area contributed by atoms with Crippen LogP contribution in [0.1, 0.15) is 248 Å². The van der Waals surface area contributed by atoms with Crippen LogP contribution in [0.3, 0.4) is 0 Å². The van der Waals surface area contributed by atoms with Gasteiger partial charge >= 0.3 is 0 Å². The van der Waals surface area contributed by atoms with Crippen LogP contribution in [0.15, 0.2) is 0 Å². The highest BCUT2D eigenvalue weighted by Gasteiger charge is 2.66. The Labute approximate surface area is 316 Å². The van der Waals surface area contributed by atoms with Crippen LogP contribution in [0, 0.1) is 69.0 Å². The lowest BCUT2D eigenvalue weighted by Gasteiger charge is -2.44. The van der Waals surface area contributed by atoms with E-state index in [1.54, 1.807) is 89.9 Å². The number of hydrogen-bond donors (Lipinski definition) is 0. The van der Waals surface area contributed by atoms with E-state index >= 15 is 0 Å². The molecule has 8 aliphatic carbocycles. The van der Waals surface area contributed by atoms with E-state index in [4.69, 9.17) is 0 Å². The Morgan fingerprint density at radius 1 is 0.320 bits per heavy atom. The zero-order chi connectivity index (χ0) is 35.8. The molecule has 0 N–H and O–H groups in total. The van der Waals surface area contributed by atoms with Crippen molar-refractivity contribution in [2.75, 3.05) is 0 Å². The summed E-state index contributed by atoms with van der Waals surface area (Å²) < 4.78 is 0. The van der Waals surface area contributed by atoms with Crippen molar-refractivity contribution in [2.45, 2.75) is 248 Å². The third-order valence-corrected chi connectivity index (χ3v) is 17.9. The molecule has 0 amide bonds. The highest BCUT2D eigenvalue weighted by atomic mass is 14.7. The van der Waals surface area contributed by atoms with Gasteiger partial charge in [-0.15, -0.1) is 0 Å². The van der Waals surface area contributed by atoms with E-state index in [9.17, 15) is 0 Å². The fraction of sp³-hybridized carbons (Fsp3) is 1.00. The fourth-order valence-electron chi connectivity index (χ4n) is 14.8. The molecule has 4 bridgehead atoms.